The zero-order valence-electron chi connectivity index (χ0n) is 12.1. The molecule has 116 valence electrons. The van der Waals surface area contributed by atoms with E-state index < -0.39 is 10.0 Å². The summed E-state index contributed by atoms with van der Waals surface area (Å²) in [7, 11) is -1.98. The van der Waals surface area contributed by atoms with Crippen molar-refractivity contribution in [3.63, 3.8) is 0 Å². The summed E-state index contributed by atoms with van der Waals surface area (Å²) in [5, 5.41) is 2.59. The molecule has 1 aromatic carbocycles. The van der Waals surface area contributed by atoms with Crippen molar-refractivity contribution in [3.05, 3.63) is 29.8 Å². The topological polar surface area (TPSA) is 92.5 Å². The Labute approximate surface area is 125 Å². The minimum absolute atomic E-state index is 0.103. The van der Waals surface area contributed by atoms with Crippen LogP contribution in [0.2, 0.25) is 0 Å². The standard InChI is InChI=1S/C14H21N3O3S/c1-16-14(18)12-3-2-8-17(10-12)21(19,20)13-6-4-11(9-15)5-7-13/h4-7,12H,2-3,8-10,15H2,1H3,(H,16,18). The number of benzene rings is 1. The van der Waals surface area contributed by atoms with Crippen molar-refractivity contribution >= 4 is 15.9 Å². The number of piperidine rings is 1. The molecule has 0 radical (unpaired) electrons. The fraction of sp³-hybridized carbons (Fsp3) is 0.500. The summed E-state index contributed by atoms with van der Waals surface area (Å²) in [6.45, 7) is 1.07. The highest BCUT2D eigenvalue weighted by atomic mass is 32.2. The molecular weight excluding hydrogens is 290 g/mol. The van der Waals surface area contributed by atoms with Gasteiger partial charge in [-0.05, 0) is 30.5 Å². The van der Waals surface area contributed by atoms with Gasteiger partial charge in [-0.1, -0.05) is 12.1 Å². The van der Waals surface area contributed by atoms with Crippen molar-refractivity contribution < 1.29 is 13.2 Å². The van der Waals surface area contributed by atoms with E-state index in [1.165, 1.54) is 4.31 Å². The Hall–Kier alpha value is -1.44. The third-order valence-electron chi connectivity index (χ3n) is 3.80. The highest BCUT2D eigenvalue weighted by molar-refractivity contribution is 7.89. The lowest BCUT2D eigenvalue weighted by Crippen LogP contribution is -2.44. The largest absolute Gasteiger partial charge is 0.359 e. The Kier molecular flexibility index (Phi) is 4.97. The van der Waals surface area contributed by atoms with Crippen molar-refractivity contribution in [2.45, 2.75) is 24.3 Å². The predicted molar refractivity (Wildman–Crippen MR) is 79.9 cm³/mol. The van der Waals surface area contributed by atoms with E-state index in [1.54, 1.807) is 31.3 Å². The summed E-state index contributed by atoms with van der Waals surface area (Å²) in [4.78, 5) is 12.0. The number of rotatable bonds is 4. The van der Waals surface area contributed by atoms with Crippen molar-refractivity contribution in [2.24, 2.45) is 11.7 Å². The number of carbonyl (C=O) groups is 1. The second kappa shape index (κ2) is 6.55. The maximum Gasteiger partial charge on any atom is 0.243 e. The van der Waals surface area contributed by atoms with E-state index in [1.807, 2.05) is 0 Å². The molecule has 1 fully saturated rings. The Morgan fingerprint density at radius 1 is 1.38 bits per heavy atom. The van der Waals surface area contributed by atoms with E-state index in [0.29, 0.717) is 19.5 Å². The summed E-state index contributed by atoms with van der Waals surface area (Å²) >= 11 is 0. The highest BCUT2D eigenvalue weighted by Gasteiger charge is 2.32. The van der Waals surface area contributed by atoms with Crippen molar-refractivity contribution in [3.8, 4) is 0 Å². The molecule has 0 bridgehead atoms. The van der Waals surface area contributed by atoms with Crippen LogP contribution in [0, 0.1) is 5.92 Å². The van der Waals surface area contributed by atoms with E-state index in [4.69, 9.17) is 5.73 Å². The number of hydrogen-bond acceptors (Lipinski definition) is 4. The molecule has 1 heterocycles. The Bertz CT molecular complexity index is 598. The molecule has 1 aliphatic heterocycles. The van der Waals surface area contributed by atoms with Crippen LogP contribution in [0.3, 0.4) is 0 Å². The van der Waals surface area contributed by atoms with Crippen molar-refractivity contribution in [1.82, 2.24) is 9.62 Å². The first kappa shape index (κ1) is 15.9. The summed E-state index contributed by atoms with van der Waals surface area (Å²) in [6.07, 6.45) is 1.41. The van der Waals surface area contributed by atoms with Gasteiger partial charge >= 0.3 is 0 Å². The van der Waals surface area contributed by atoms with Crippen LogP contribution in [0.15, 0.2) is 29.2 Å². The molecule has 3 N–H and O–H groups in total. The van der Waals surface area contributed by atoms with Gasteiger partial charge in [0.05, 0.1) is 10.8 Å². The van der Waals surface area contributed by atoms with Crippen LogP contribution in [-0.2, 0) is 21.4 Å². The van der Waals surface area contributed by atoms with Gasteiger partial charge in [0.1, 0.15) is 0 Å². The Balaban J connectivity index is 2.19. The van der Waals surface area contributed by atoms with Gasteiger partial charge in [-0.3, -0.25) is 4.79 Å². The minimum atomic E-state index is -3.55. The summed E-state index contributed by atoms with van der Waals surface area (Å²) in [5.41, 5.74) is 6.40. The number of nitrogens with zero attached hydrogens (tertiary/aromatic N) is 1. The fourth-order valence-corrected chi connectivity index (χ4v) is 4.05. The first-order chi connectivity index (χ1) is 9.98. The number of nitrogens with two attached hydrogens (primary N) is 1. The SMILES string of the molecule is CNC(=O)C1CCCN(S(=O)(=O)c2ccc(CN)cc2)C1. The average Bonchev–Trinajstić information content (AvgIpc) is 2.54. The van der Waals surface area contributed by atoms with E-state index >= 15 is 0 Å². The smallest absolute Gasteiger partial charge is 0.243 e. The van der Waals surface area contributed by atoms with Gasteiger partial charge in [-0.2, -0.15) is 4.31 Å². The van der Waals surface area contributed by atoms with Crippen LogP contribution in [0.4, 0.5) is 0 Å². The van der Waals surface area contributed by atoms with Crippen LogP contribution in [-0.4, -0.2) is 38.8 Å². The van der Waals surface area contributed by atoms with Crippen LogP contribution in [0.5, 0.6) is 0 Å². The van der Waals surface area contributed by atoms with Crippen LogP contribution in [0.1, 0.15) is 18.4 Å². The van der Waals surface area contributed by atoms with Crippen LogP contribution < -0.4 is 11.1 Å². The molecule has 0 saturated carbocycles. The van der Waals surface area contributed by atoms with Gasteiger partial charge in [0.15, 0.2) is 0 Å². The normalized spacial score (nSPS) is 20.2. The Morgan fingerprint density at radius 2 is 2.05 bits per heavy atom. The van der Waals surface area contributed by atoms with Crippen molar-refractivity contribution in [1.29, 1.82) is 0 Å². The van der Waals surface area contributed by atoms with Crippen LogP contribution in [0.25, 0.3) is 0 Å². The number of sulfonamides is 1. The van der Waals surface area contributed by atoms with Gasteiger partial charge in [0.2, 0.25) is 15.9 Å². The lowest BCUT2D eigenvalue weighted by Gasteiger charge is -2.31. The number of amides is 1. The monoisotopic (exact) mass is 311 g/mol. The molecule has 1 aliphatic rings. The van der Waals surface area contributed by atoms with Gasteiger partial charge in [0.25, 0.3) is 0 Å². The van der Waals surface area contributed by atoms with Crippen LogP contribution >= 0.6 is 0 Å². The molecule has 6 nitrogen and oxygen atoms in total. The molecule has 1 saturated heterocycles. The van der Waals surface area contributed by atoms with Gasteiger partial charge in [-0.25, -0.2) is 8.42 Å². The van der Waals surface area contributed by atoms with Gasteiger partial charge in [-0.15, -0.1) is 0 Å². The summed E-state index contributed by atoms with van der Waals surface area (Å²) in [5.74, 6) is -0.379. The quantitative estimate of drug-likeness (QED) is 0.836. The first-order valence-electron chi connectivity index (χ1n) is 6.99. The van der Waals surface area contributed by atoms with E-state index in [0.717, 1.165) is 12.0 Å². The molecule has 7 heteroatoms. The van der Waals surface area contributed by atoms with E-state index in [9.17, 15) is 13.2 Å². The van der Waals surface area contributed by atoms with Gasteiger partial charge < -0.3 is 11.1 Å². The molecule has 1 atom stereocenters. The second-order valence-electron chi connectivity index (χ2n) is 5.16. The number of hydrogen-bond donors (Lipinski definition) is 2. The lowest BCUT2D eigenvalue weighted by molar-refractivity contribution is -0.125. The van der Waals surface area contributed by atoms with E-state index in [2.05, 4.69) is 5.32 Å². The van der Waals surface area contributed by atoms with Gasteiger partial charge in [0, 0.05) is 26.7 Å². The zero-order valence-corrected chi connectivity index (χ0v) is 12.9. The fourth-order valence-electron chi connectivity index (χ4n) is 2.53. The Morgan fingerprint density at radius 3 is 2.62 bits per heavy atom. The van der Waals surface area contributed by atoms with Crippen molar-refractivity contribution in [2.75, 3.05) is 20.1 Å². The maximum atomic E-state index is 12.6. The molecule has 1 amide bonds. The molecule has 1 aromatic rings. The third kappa shape index (κ3) is 3.42. The lowest BCUT2D eigenvalue weighted by atomic mass is 9.99. The molecule has 0 aliphatic carbocycles. The summed E-state index contributed by atoms with van der Waals surface area (Å²) < 4.78 is 26.6. The predicted octanol–water partition coefficient (Wildman–Crippen LogP) is 0.292. The zero-order chi connectivity index (χ0) is 15.5. The number of nitrogens with one attached hydrogen (secondary N) is 1. The molecular formula is C14H21N3O3S. The average molecular weight is 311 g/mol. The summed E-state index contributed by atoms with van der Waals surface area (Å²) in [6, 6.07) is 6.57. The number of carbonyl (C=O) groups excluding carboxylic acids is 1. The first-order valence-corrected chi connectivity index (χ1v) is 8.44. The third-order valence-corrected chi connectivity index (χ3v) is 5.68. The molecule has 1 unspecified atom stereocenters. The maximum absolute atomic E-state index is 12.6. The molecule has 0 spiro atoms. The molecule has 0 aromatic heterocycles. The second-order valence-corrected chi connectivity index (χ2v) is 7.10. The minimum Gasteiger partial charge on any atom is -0.359 e. The molecule has 21 heavy (non-hydrogen) atoms. The van der Waals surface area contributed by atoms with E-state index in [-0.39, 0.29) is 23.3 Å². The highest BCUT2D eigenvalue weighted by Crippen LogP contribution is 2.24. The molecule has 2 rings (SSSR count).